The molecule has 0 heterocycles. The minimum atomic E-state index is 0.836. The third kappa shape index (κ3) is 13.9. The standard InChI is InChI=1S/C13H30N2O/c1-4-5-6-7-8-9-14-10-12-16-13-11-15(2)3/h14H,4-13H2,1-3H3. The second-order valence-electron chi connectivity index (χ2n) is 4.58. The van der Waals surface area contributed by atoms with E-state index in [1.54, 1.807) is 0 Å². The van der Waals surface area contributed by atoms with E-state index < -0.39 is 0 Å². The number of nitrogens with zero attached hydrogens (tertiary/aromatic N) is 1. The summed E-state index contributed by atoms with van der Waals surface area (Å²) in [4.78, 5) is 2.14. The summed E-state index contributed by atoms with van der Waals surface area (Å²) in [7, 11) is 4.13. The van der Waals surface area contributed by atoms with E-state index in [1.807, 2.05) is 0 Å². The monoisotopic (exact) mass is 230 g/mol. The molecule has 0 atom stereocenters. The smallest absolute Gasteiger partial charge is 0.0593 e. The van der Waals surface area contributed by atoms with Crippen molar-refractivity contribution in [3.8, 4) is 0 Å². The van der Waals surface area contributed by atoms with Gasteiger partial charge in [0.2, 0.25) is 0 Å². The van der Waals surface area contributed by atoms with Crippen LogP contribution in [0.2, 0.25) is 0 Å². The van der Waals surface area contributed by atoms with E-state index in [-0.39, 0.29) is 0 Å². The predicted molar refractivity (Wildman–Crippen MR) is 71.0 cm³/mol. The van der Waals surface area contributed by atoms with E-state index in [0.29, 0.717) is 0 Å². The molecule has 0 saturated heterocycles. The van der Waals surface area contributed by atoms with Gasteiger partial charge in [0.25, 0.3) is 0 Å². The summed E-state index contributed by atoms with van der Waals surface area (Å²) in [5, 5.41) is 3.41. The number of nitrogens with one attached hydrogen (secondary N) is 1. The summed E-state index contributed by atoms with van der Waals surface area (Å²) < 4.78 is 5.49. The van der Waals surface area contributed by atoms with Gasteiger partial charge in [-0.05, 0) is 27.1 Å². The Balaban J connectivity index is 2.88. The van der Waals surface area contributed by atoms with Gasteiger partial charge in [-0.25, -0.2) is 0 Å². The van der Waals surface area contributed by atoms with Crippen LogP contribution in [0, 0.1) is 0 Å². The molecule has 0 spiro atoms. The van der Waals surface area contributed by atoms with Gasteiger partial charge < -0.3 is 15.0 Å². The lowest BCUT2D eigenvalue weighted by Gasteiger charge is -2.10. The molecule has 0 bridgehead atoms. The fourth-order valence-electron chi connectivity index (χ4n) is 1.47. The van der Waals surface area contributed by atoms with E-state index in [1.165, 1.54) is 32.1 Å². The maximum absolute atomic E-state index is 5.49. The fourth-order valence-corrected chi connectivity index (χ4v) is 1.47. The normalized spacial score (nSPS) is 11.2. The highest BCUT2D eigenvalue weighted by molar-refractivity contribution is 4.49. The van der Waals surface area contributed by atoms with Crippen LogP contribution in [0.5, 0.6) is 0 Å². The van der Waals surface area contributed by atoms with Crippen molar-refractivity contribution in [1.82, 2.24) is 10.2 Å². The summed E-state index contributed by atoms with van der Waals surface area (Å²) in [6.45, 7) is 7.07. The summed E-state index contributed by atoms with van der Waals surface area (Å²) in [6.07, 6.45) is 6.76. The summed E-state index contributed by atoms with van der Waals surface area (Å²) in [5.74, 6) is 0. The first-order valence-electron chi connectivity index (χ1n) is 6.70. The maximum Gasteiger partial charge on any atom is 0.0593 e. The van der Waals surface area contributed by atoms with Crippen molar-refractivity contribution in [1.29, 1.82) is 0 Å². The molecule has 0 saturated carbocycles. The summed E-state index contributed by atoms with van der Waals surface area (Å²) in [6, 6.07) is 0. The third-order valence-corrected chi connectivity index (χ3v) is 2.56. The van der Waals surface area contributed by atoms with Crippen LogP contribution in [0.1, 0.15) is 39.0 Å². The topological polar surface area (TPSA) is 24.5 Å². The first-order chi connectivity index (χ1) is 7.77. The SMILES string of the molecule is CCCCCCCNCCOCCN(C)C. The molecule has 0 aliphatic carbocycles. The molecule has 0 aromatic rings. The highest BCUT2D eigenvalue weighted by Crippen LogP contribution is 2.00. The lowest BCUT2D eigenvalue weighted by molar-refractivity contribution is 0.119. The highest BCUT2D eigenvalue weighted by Gasteiger charge is 1.92. The molecule has 0 aliphatic heterocycles. The molecule has 0 radical (unpaired) electrons. The largest absolute Gasteiger partial charge is 0.379 e. The number of ether oxygens (including phenoxy) is 1. The Morgan fingerprint density at radius 2 is 1.69 bits per heavy atom. The van der Waals surface area contributed by atoms with E-state index >= 15 is 0 Å². The van der Waals surface area contributed by atoms with Gasteiger partial charge >= 0.3 is 0 Å². The van der Waals surface area contributed by atoms with Crippen LogP contribution in [0.3, 0.4) is 0 Å². The van der Waals surface area contributed by atoms with Crippen LogP contribution in [0.25, 0.3) is 0 Å². The van der Waals surface area contributed by atoms with Gasteiger partial charge in [-0.3, -0.25) is 0 Å². The first kappa shape index (κ1) is 15.9. The minimum absolute atomic E-state index is 0.836. The molecule has 16 heavy (non-hydrogen) atoms. The molecule has 98 valence electrons. The zero-order chi connectivity index (χ0) is 12.1. The van der Waals surface area contributed by atoms with Gasteiger partial charge in [-0.1, -0.05) is 32.6 Å². The zero-order valence-corrected chi connectivity index (χ0v) is 11.4. The second-order valence-corrected chi connectivity index (χ2v) is 4.58. The quantitative estimate of drug-likeness (QED) is 0.520. The van der Waals surface area contributed by atoms with Crippen LogP contribution in [-0.4, -0.2) is 51.8 Å². The van der Waals surface area contributed by atoms with E-state index in [9.17, 15) is 0 Å². The van der Waals surface area contributed by atoms with E-state index in [4.69, 9.17) is 4.74 Å². The van der Waals surface area contributed by atoms with Crippen LogP contribution in [0.4, 0.5) is 0 Å². The summed E-state index contributed by atoms with van der Waals surface area (Å²) in [5.41, 5.74) is 0. The molecule has 0 amide bonds. The molecule has 3 nitrogen and oxygen atoms in total. The van der Waals surface area contributed by atoms with Crippen molar-refractivity contribution in [2.75, 3.05) is 46.9 Å². The number of likely N-dealkylation sites (N-methyl/N-ethyl adjacent to an activating group) is 1. The highest BCUT2D eigenvalue weighted by atomic mass is 16.5. The molecule has 0 aliphatic rings. The van der Waals surface area contributed by atoms with Crippen molar-refractivity contribution in [3.63, 3.8) is 0 Å². The van der Waals surface area contributed by atoms with Gasteiger partial charge in [0, 0.05) is 13.1 Å². The number of hydrogen-bond donors (Lipinski definition) is 1. The average Bonchev–Trinajstić information content (AvgIpc) is 2.25. The first-order valence-corrected chi connectivity index (χ1v) is 6.70. The van der Waals surface area contributed by atoms with Crippen LogP contribution < -0.4 is 5.32 Å². The van der Waals surface area contributed by atoms with Gasteiger partial charge in [-0.2, -0.15) is 0 Å². The molecule has 1 N–H and O–H groups in total. The minimum Gasteiger partial charge on any atom is -0.379 e. The van der Waals surface area contributed by atoms with Crippen molar-refractivity contribution in [2.45, 2.75) is 39.0 Å². The fraction of sp³-hybridized carbons (Fsp3) is 1.00. The number of hydrogen-bond acceptors (Lipinski definition) is 3. The van der Waals surface area contributed by atoms with Gasteiger partial charge in [0.05, 0.1) is 13.2 Å². The van der Waals surface area contributed by atoms with E-state index in [0.717, 1.165) is 32.8 Å². The molecule has 3 heteroatoms. The Morgan fingerprint density at radius 1 is 0.938 bits per heavy atom. The van der Waals surface area contributed by atoms with Crippen LogP contribution in [0.15, 0.2) is 0 Å². The summed E-state index contributed by atoms with van der Waals surface area (Å²) >= 11 is 0. The lowest BCUT2D eigenvalue weighted by atomic mass is 10.1. The van der Waals surface area contributed by atoms with Gasteiger partial charge in [0.15, 0.2) is 0 Å². The Bertz CT molecular complexity index is 129. The van der Waals surface area contributed by atoms with Gasteiger partial charge in [-0.15, -0.1) is 0 Å². The number of unbranched alkanes of at least 4 members (excludes halogenated alkanes) is 4. The predicted octanol–water partition coefficient (Wildman–Crippen LogP) is 2.12. The Labute approximate surface area is 102 Å². The number of rotatable bonds is 12. The van der Waals surface area contributed by atoms with Crippen molar-refractivity contribution >= 4 is 0 Å². The average molecular weight is 230 g/mol. The second kappa shape index (κ2) is 12.9. The zero-order valence-electron chi connectivity index (χ0n) is 11.4. The maximum atomic E-state index is 5.49. The Kier molecular flexibility index (Phi) is 12.9. The Morgan fingerprint density at radius 3 is 2.38 bits per heavy atom. The molecule has 0 unspecified atom stereocenters. The molecule has 0 aromatic heterocycles. The van der Waals surface area contributed by atoms with Crippen molar-refractivity contribution in [3.05, 3.63) is 0 Å². The van der Waals surface area contributed by atoms with Crippen molar-refractivity contribution < 1.29 is 4.74 Å². The third-order valence-electron chi connectivity index (χ3n) is 2.56. The van der Waals surface area contributed by atoms with Crippen molar-refractivity contribution in [2.24, 2.45) is 0 Å². The van der Waals surface area contributed by atoms with Crippen LogP contribution in [-0.2, 0) is 4.74 Å². The molecular weight excluding hydrogens is 200 g/mol. The molecule has 0 aromatic carbocycles. The lowest BCUT2D eigenvalue weighted by Crippen LogP contribution is -2.23. The molecular formula is C13H30N2O. The molecule has 0 fully saturated rings. The molecule has 0 rings (SSSR count). The van der Waals surface area contributed by atoms with Crippen LogP contribution >= 0.6 is 0 Å². The Hall–Kier alpha value is -0.120. The van der Waals surface area contributed by atoms with Gasteiger partial charge in [0.1, 0.15) is 0 Å². The van der Waals surface area contributed by atoms with E-state index in [2.05, 4.69) is 31.2 Å².